The van der Waals surface area contributed by atoms with Crippen LogP contribution < -0.4 is 0 Å². The fourth-order valence-electron chi connectivity index (χ4n) is 1.91. The Kier molecular flexibility index (Phi) is 5.54. The minimum Gasteiger partial charge on any atom is -0.508 e. The molecule has 2 aromatic rings. The van der Waals surface area contributed by atoms with Gasteiger partial charge in [0.15, 0.2) is 0 Å². The van der Waals surface area contributed by atoms with E-state index >= 15 is 0 Å². The molecule has 0 bridgehead atoms. The number of aromatic hydroxyl groups is 1. The molecule has 0 saturated heterocycles. The van der Waals surface area contributed by atoms with Crippen molar-refractivity contribution in [3.8, 4) is 5.75 Å². The molecule has 0 saturated carbocycles. The zero-order chi connectivity index (χ0) is 17.0. The second-order valence-corrected chi connectivity index (χ2v) is 6.15. The van der Waals surface area contributed by atoms with Crippen molar-refractivity contribution in [1.29, 1.82) is 0 Å². The van der Waals surface area contributed by atoms with Crippen molar-refractivity contribution in [3.05, 3.63) is 66.8 Å². The highest BCUT2D eigenvalue weighted by Gasteiger charge is 2.08. The third-order valence-corrected chi connectivity index (χ3v) is 4.15. The first-order valence-corrected chi connectivity index (χ1v) is 7.85. The fraction of sp³-hybridized carbons (Fsp3) is 0.188. The number of nitro benzene ring substituents is 1. The Hall–Kier alpha value is -2.16. The fourth-order valence-corrected chi connectivity index (χ4v) is 2.92. The molecule has 0 heterocycles. The Labute approximate surface area is 147 Å². The molecule has 1 N–H and O–H groups in total. The molecule has 0 atom stereocenters. The summed E-state index contributed by atoms with van der Waals surface area (Å²) in [5, 5.41) is 24.4. The van der Waals surface area contributed by atoms with E-state index < -0.39 is 4.92 Å². The summed E-state index contributed by atoms with van der Waals surface area (Å²) >= 11 is 2.18. The SMILES string of the molecule is CC(=NOCc1ccc([N+](=O)[O-])cc1)c1cc(O)c(C)cc1I. The number of halogens is 1. The van der Waals surface area contributed by atoms with Gasteiger partial charge in [-0.3, -0.25) is 10.1 Å². The second kappa shape index (κ2) is 7.40. The van der Waals surface area contributed by atoms with Gasteiger partial charge >= 0.3 is 0 Å². The van der Waals surface area contributed by atoms with Crippen molar-refractivity contribution < 1.29 is 14.9 Å². The van der Waals surface area contributed by atoms with Gasteiger partial charge in [-0.05, 0) is 71.8 Å². The van der Waals surface area contributed by atoms with Crippen molar-refractivity contribution in [2.24, 2.45) is 5.16 Å². The number of oxime groups is 1. The summed E-state index contributed by atoms with van der Waals surface area (Å²) in [4.78, 5) is 15.4. The van der Waals surface area contributed by atoms with Gasteiger partial charge in [0.25, 0.3) is 5.69 Å². The highest BCUT2D eigenvalue weighted by molar-refractivity contribution is 14.1. The van der Waals surface area contributed by atoms with Gasteiger partial charge < -0.3 is 9.94 Å². The Morgan fingerprint density at radius 1 is 1.35 bits per heavy atom. The molecule has 0 fully saturated rings. The third kappa shape index (κ3) is 4.41. The Morgan fingerprint density at radius 3 is 2.61 bits per heavy atom. The van der Waals surface area contributed by atoms with Gasteiger partial charge in [0, 0.05) is 21.3 Å². The lowest BCUT2D eigenvalue weighted by atomic mass is 10.1. The maximum atomic E-state index is 10.6. The Bertz CT molecular complexity index is 757. The Balaban J connectivity index is 2.05. The number of non-ortho nitro benzene ring substituents is 1. The summed E-state index contributed by atoms with van der Waals surface area (Å²) in [6.45, 7) is 3.84. The zero-order valence-electron chi connectivity index (χ0n) is 12.6. The van der Waals surface area contributed by atoms with E-state index in [4.69, 9.17) is 4.84 Å². The quantitative estimate of drug-likeness (QED) is 0.337. The monoisotopic (exact) mass is 426 g/mol. The third-order valence-electron chi connectivity index (χ3n) is 3.26. The van der Waals surface area contributed by atoms with E-state index in [1.807, 2.05) is 13.0 Å². The number of benzene rings is 2. The minimum absolute atomic E-state index is 0.0399. The van der Waals surface area contributed by atoms with Crippen LogP contribution >= 0.6 is 22.6 Å². The minimum atomic E-state index is -0.446. The Morgan fingerprint density at radius 2 is 2.00 bits per heavy atom. The van der Waals surface area contributed by atoms with Crippen LogP contribution in [-0.4, -0.2) is 15.7 Å². The average Bonchev–Trinajstić information content (AvgIpc) is 2.51. The molecule has 0 aromatic heterocycles. The number of nitro groups is 1. The van der Waals surface area contributed by atoms with Crippen LogP contribution in [0.3, 0.4) is 0 Å². The van der Waals surface area contributed by atoms with Crippen molar-refractivity contribution in [2.75, 3.05) is 0 Å². The van der Waals surface area contributed by atoms with Crippen molar-refractivity contribution in [3.63, 3.8) is 0 Å². The summed E-state index contributed by atoms with van der Waals surface area (Å²) in [5.74, 6) is 0.213. The lowest BCUT2D eigenvalue weighted by Crippen LogP contribution is -2.00. The van der Waals surface area contributed by atoms with E-state index in [-0.39, 0.29) is 18.0 Å². The van der Waals surface area contributed by atoms with Crippen molar-refractivity contribution in [2.45, 2.75) is 20.5 Å². The number of phenolic OH excluding ortho intramolecular Hbond substituents is 1. The molecule has 0 aliphatic rings. The molecule has 2 aromatic carbocycles. The summed E-state index contributed by atoms with van der Waals surface area (Å²) < 4.78 is 0.970. The molecular weight excluding hydrogens is 411 g/mol. The van der Waals surface area contributed by atoms with Gasteiger partial charge in [-0.15, -0.1) is 0 Å². The largest absolute Gasteiger partial charge is 0.508 e. The smallest absolute Gasteiger partial charge is 0.269 e. The van der Waals surface area contributed by atoms with E-state index in [9.17, 15) is 15.2 Å². The molecule has 2 rings (SSSR count). The zero-order valence-corrected chi connectivity index (χ0v) is 14.8. The van der Waals surface area contributed by atoms with Crippen LogP contribution in [-0.2, 0) is 11.4 Å². The van der Waals surface area contributed by atoms with E-state index in [0.29, 0.717) is 5.71 Å². The second-order valence-electron chi connectivity index (χ2n) is 4.99. The first kappa shape index (κ1) is 17.2. The standard InChI is InChI=1S/C16H15IN2O4/c1-10-7-15(17)14(8-16(10)20)11(2)18-23-9-12-3-5-13(6-4-12)19(21)22/h3-8,20H,9H2,1-2H3. The number of phenols is 1. The van der Waals surface area contributed by atoms with Crippen LogP contribution in [0.5, 0.6) is 5.75 Å². The maximum Gasteiger partial charge on any atom is 0.269 e. The lowest BCUT2D eigenvalue weighted by molar-refractivity contribution is -0.384. The molecule has 0 radical (unpaired) electrons. The van der Waals surface area contributed by atoms with E-state index in [1.54, 1.807) is 25.1 Å². The molecule has 6 nitrogen and oxygen atoms in total. The maximum absolute atomic E-state index is 10.6. The van der Waals surface area contributed by atoms with Crippen LogP contribution in [0.1, 0.15) is 23.6 Å². The molecule has 0 spiro atoms. The van der Waals surface area contributed by atoms with Gasteiger partial charge in [-0.25, -0.2) is 0 Å². The predicted octanol–water partition coefficient (Wildman–Crippen LogP) is 4.15. The van der Waals surface area contributed by atoms with Gasteiger partial charge in [-0.2, -0.15) is 0 Å². The molecule has 0 aliphatic heterocycles. The normalized spacial score (nSPS) is 11.3. The summed E-state index contributed by atoms with van der Waals surface area (Å²) in [6.07, 6.45) is 0. The number of hydrogen-bond donors (Lipinski definition) is 1. The average molecular weight is 426 g/mol. The van der Waals surface area contributed by atoms with Gasteiger partial charge in [-0.1, -0.05) is 5.16 Å². The van der Waals surface area contributed by atoms with Crippen LogP contribution in [0.15, 0.2) is 41.6 Å². The topological polar surface area (TPSA) is 85.0 Å². The lowest BCUT2D eigenvalue weighted by Gasteiger charge is -2.07. The molecule has 23 heavy (non-hydrogen) atoms. The molecule has 0 unspecified atom stereocenters. The number of hydrogen-bond acceptors (Lipinski definition) is 5. The molecule has 0 aliphatic carbocycles. The van der Waals surface area contributed by atoms with Crippen LogP contribution in [0.4, 0.5) is 5.69 Å². The predicted molar refractivity (Wildman–Crippen MR) is 95.7 cm³/mol. The van der Waals surface area contributed by atoms with Crippen LogP contribution in [0.2, 0.25) is 0 Å². The first-order valence-electron chi connectivity index (χ1n) is 6.78. The molecular formula is C16H15IN2O4. The number of nitrogens with zero attached hydrogens (tertiary/aromatic N) is 2. The van der Waals surface area contributed by atoms with Crippen molar-refractivity contribution in [1.82, 2.24) is 0 Å². The number of aryl methyl sites for hydroxylation is 1. The van der Waals surface area contributed by atoms with Gasteiger partial charge in [0.1, 0.15) is 12.4 Å². The highest BCUT2D eigenvalue weighted by atomic mass is 127. The van der Waals surface area contributed by atoms with Crippen LogP contribution in [0, 0.1) is 20.6 Å². The first-order chi connectivity index (χ1) is 10.9. The van der Waals surface area contributed by atoms with E-state index in [2.05, 4.69) is 27.7 Å². The molecule has 0 amide bonds. The van der Waals surface area contributed by atoms with Crippen LogP contribution in [0.25, 0.3) is 0 Å². The summed E-state index contributed by atoms with van der Waals surface area (Å²) in [7, 11) is 0. The van der Waals surface area contributed by atoms with Crippen molar-refractivity contribution >= 4 is 34.0 Å². The summed E-state index contributed by atoms with van der Waals surface area (Å²) in [6, 6.07) is 9.65. The summed E-state index contributed by atoms with van der Waals surface area (Å²) in [5.41, 5.74) is 3.08. The van der Waals surface area contributed by atoms with E-state index in [1.165, 1.54) is 12.1 Å². The van der Waals surface area contributed by atoms with E-state index in [0.717, 1.165) is 20.3 Å². The highest BCUT2D eigenvalue weighted by Crippen LogP contribution is 2.24. The number of rotatable bonds is 5. The molecule has 7 heteroatoms. The van der Waals surface area contributed by atoms with Gasteiger partial charge in [0.05, 0.1) is 10.6 Å². The molecule has 120 valence electrons. The van der Waals surface area contributed by atoms with Gasteiger partial charge in [0.2, 0.25) is 0 Å².